The van der Waals surface area contributed by atoms with Gasteiger partial charge in [0.1, 0.15) is 16.2 Å². The number of hydrogen-bond acceptors (Lipinski definition) is 5. The first-order valence-corrected chi connectivity index (χ1v) is 5.06. The van der Waals surface area contributed by atoms with E-state index in [0.29, 0.717) is 16.8 Å². The van der Waals surface area contributed by atoms with Crippen molar-refractivity contribution in [3.8, 4) is 0 Å². The van der Waals surface area contributed by atoms with Gasteiger partial charge < -0.3 is 5.11 Å². The van der Waals surface area contributed by atoms with E-state index in [1.807, 2.05) is 11.4 Å². The minimum Gasteiger partial charge on any atom is -0.473 e. The highest BCUT2D eigenvalue weighted by molar-refractivity contribution is 8.13. The molecule has 0 bridgehead atoms. The van der Waals surface area contributed by atoms with Gasteiger partial charge in [-0.2, -0.15) is 0 Å². The predicted molar refractivity (Wildman–Crippen MR) is 51.3 cm³/mol. The van der Waals surface area contributed by atoms with Gasteiger partial charge >= 0.3 is 5.30 Å². The lowest BCUT2D eigenvalue weighted by molar-refractivity contribution is 0.222. The van der Waals surface area contributed by atoms with E-state index in [-0.39, 0.29) is 0 Å². The average Bonchev–Trinajstić information content (AvgIpc) is 2.51. The maximum Gasteiger partial charge on any atom is 0.371 e. The largest absolute Gasteiger partial charge is 0.473 e. The highest BCUT2D eigenvalue weighted by Gasteiger charge is 2.08. The summed E-state index contributed by atoms with van der Waals surface area (Å²) in [7, 11) is 0. The molecule has 13 heavy (non-hydrogen) atoms. The van der Waals surface area contributed by atoms with Gasteiger partial charge in [-0.15, -0.1) is 11.3 Å². The first-order chi connectivity index (χ1) is 6.27. The van der Waals surface area contributed by atoms with Crippen molar-refractivity contribution in [2.24, 2.45) is 0 Å². The Hall–Kier alpha value is -1.14. The number of rotatable bonds is 1. The first-order valence-electron chi connectivity index (χ1n) is 3.36. The zero-order valence-corrected chi connectivity index (χ0v) is 7.93. The van der Waals surface area contributed by atoms with Crippen molar-refractivity contribution in [3.05, 3.63) is 17.8 Å². The summed E-state index contributed by atoms with van der Waals surface area (Å²) in [6.07, 6.45) is 1.38. The lowest BCUT2D eigenvalue weighted by Gasteiger charge is -1.95. The van der Waals surface area contributed by atoms with Crippen LogP contribution in [0, 0.1) is 0 Å². The van der Waals surface area contributed by atoms with Gasteiger partial charge in [-0.1, -0.05) is 0 Å². The van der Waals surface area contributed by atoms with Crippen LogP contribution in [-0.2, 0) is 0 Å². The van der Waals surface area contributed by atoms with Crippen molar-refractivity contribution in [2.75, 3.05) is 0 Å². The van der Waals surface area contributed by atoms with Crippen LogP contribution < -0.4 is 0 Å². The summed E-state index contributed by atoms with van der Waals surface area (Å²) >= 11 is 2.18. The van der Waals surface area contributed by atoms with Gasteiger partial charge in [0.15, 0.2) is 0 Å². The van der Waals surface area contributed by atoms with Gasteiger partial charge in [0.25, 0.3) is 0 Å². The van der Waals surface area contributed by atoms with Gasteiger partial charge in [0.05, 0.1) is 0 Å². The number of hydrogen-bond donors (Lipinski definition) is 1. The molecule has 0 spiro atoms. The number of thioether (sulfide) groups is 1. The molecule has 0 aliphatic carbocycles. The van der Waals surface area contributed by atoms with Crippen LogP contribution >= 0.6 is 23.1 Å². The van der Waals surface area contributed by atoms with Crippen molar-refractivity contribution < 1.29 is 9.90 Å². The summed E-state index contributed by atoms with van der Waals surface area (Å²) in [5.74, 6) is 0. The Bertz CT molecular complexity index is 454. The molecule has 0 radical (unpaired) electrons. The van der Waals surface area contributed by atoms with Crippen molar-refractivity contribution in [3.63, 3.8) is 0 Å². The lowest BCUT2D eigenvalue weighted by Crippen LogP contribution is -1.88. The zero-order valence-electron chi connectivity index (χ0n) is 6.30. The second-order valence-electron chi connectivity index (χ2n) is 2.19. The Kier molecular flexibility index (Phi) is 2.15. The van der Waals surface area contributed by atoms with Crippen molar-refractivity contribution >= 4 is 38.6 Å². The number of thiophene rings is 1. The number of nitrogens with zero attached hydrogens (tertiary/aromatic N) is 2. The Morgan fingerprint density at radius 1 is 1.54 bits per heavy atom. The maximum absolute atomic E-state index is 10.4. The SMILES string of the molecule is O=C(O)Sc1ncnc2sccc12. The topological polar surface area (TPSA) is 63.1 Å². The highest BCUT2D eigenvalue weighted by Crippen LogP contribution is 2.27. The molecule has 0 atom stereocenters. The van der Waals surface area contributed by atoms with Crippen LogP contribution in [0.3, 0.4) is 0 Å². The molecule has 0 aliphatic rings. The molecule has 0 unspecified atom stereocenters. The molecule has 6 heteroatoms. The van der Waals surface area contributed by atoms with Crippen LogP contribution in [0.5, 0.6) is 0 Å². The van der Waals surface area contributed by atoms with Crippen molar-refractivity contribution in [1.82, 2.24) is 9.97 Å². The Balaban J connectivity index is 2.54. The molecule has 2 aromatic heterocycles. The molecule has 0 saturated carbocycles. The molecule has 2 aromatic rings. The van der Waals surface area contributed by atoms with Crippen LogP contribution in [0.4, 0.5) is 4.79 Å². The second kappa shape index (κ2) is 3.31. The molecule has 4 nitrogen and oxygen atoms in total. The molecule has 2 heterocycles. The Labute approximate surface area is 81.6 Å². The molecule has 1 N–H and O–H groups in total. The van der Waals surface area contributed by atoms with Gasteiger partial charge in [0, 0.05) is 17.1 Å². The third-order valence-electron chi connectivity index (χ3n) is 1.41. The molecule has 0 fully saturated rings. The summed E-state index contributed by atoms with van der Waals surface area (Å²) in [6.45, 7) is 0. The lowest BCUT2D eigenvalue weighted by atomic mass is 10.4. The van der Waals surface area contributed by atoms with Crippen LogP contribution in [-0.4, -0.2) is 20.4 Å². The molecule has 0 amide bonds. The van der Waals surface area contributed by atoms with E-state index in [9.17, 15) is 4.79 Å². The minimum absolute atomic E-state index is 0.499. The van der Waals surface area contributed by atoms with Crippen LogP contribution in [0.1, 0.15) is 0 Å². The normalized spacial score (nSPS) is 10.5. The van der Waals surface area contributed by atoms with Gasteiger partial charge in [0.2, 0.25) is 0 Å². The smallest absolute Gasteiger partial charge is 0.371 e. The predicted octanol–water partition coefficient (Wildman–Crippen LogP) is 2.46. The number of carbonyl (C=O) groups is 1. The fourth-order valence-electron chi connectivity index (χ4n) is 0.931. The fraction of sp³-hybridized carbons (Fsp3) is 0. The van der Waals surface area contributed by atoms with E-state index >= 15 is 0 Å². The Morgan fingerprint density at radius 3 is 3.15 bits per heavy atom. The Morgan fingerprint density at radius 2 is 2.38 bits per heavy atom. The zero-order chi connectivity index (χ0) is 9.26. The van der Waals surface area contributed by atoms with E-state index < -0.39 is 5.30 Å². The maximum atomic E-state index is 10.4. The molecule has 0 saturated heterocycles. The average molecular weight is 212 g/mol. The van der Waals surface area contributed by atoms with Crippen LogP contribution in [0.25, 0.3) is 10.2 Å². The molecule has 66 valence electrons. The monoisotopic (exact) mass is 212 g/mol. The van der Waals surface area contributed by atoms with Crippen molar-refractivity contribution in [2.45, 2.75) is 5.03 Å². The molecular formula is C7H4N2O2S2. The van der Waals surface area contributed by atoms with E-state index in [0.717, 1.165) is 10.2 Å². The number of fused-ring (bicyclic) bond motifs is 1. The van der Waals surface area contributed by atoms with Gasteiger partial charge in [-0.3, -0.25) is 0 Å². The fourth-order valence-corrected chi connectivity index (χ4v) is 2.27. The van der Waals surface area contributed by atoms with E-state index in [1.165, 1.54) is 17.7 Å². The third kappa shape index (κ3) is 1.63. The van der Waals surface area contributed by atoms with Crippen LogP contribution in [0.15, 0.2) is 22.8 Å². The molecule has 0 aromatic carbocycles. The summed E-state index contributed by atoms with van der Waals surface area (Å²) in [5.41, 5.74) is 0. The number of carboxylic acid groups (broad SMARTS) is 1. The van der Waals surface area contributed by atoms with E-state index in [4.69, 9.17) is 5.11 Å². The molecule has 2 rings (SSSR count). The summed E-state index contributed by atoms with van der Waals surface area (Å²) in [4.78, 5) is 19.2. The minimum atomic E-state index is -0.953. The first kappa shape index (κ1) is 8.46. The molecular weight excluding hydrogens is 208 g/mol. The summed E-state index contributed by atoms with van der Waals surface area (Å²) < 4.78 is 0. The summed E-state index contributed by atoms with van der Waals surface area (Å²) in [5, 5.41) is 10.8. The van der Waals surface area contributed by atoms with Gasteiger partial charge in [-0.05, 0) is 11.4 Å². The van der Waals surface area contributed by atoms with Gasteiger partial charge in [-0.25, -0.2) is 14.8 Å². The van der Waals surface area contributed by atoms with E-state index in [2.05, 4.69) is 9.97 Å². The molecule has 0 aliphatic heterocycles. The van der Waals surface area contributed by atoms with E-state index in [1.54, 1.807) is 0 Å². The van der Waals surface area contributed by atoms with Crippen molar-refractivity contribution in [1.29, 1.82) is 0 Å². The number of aromatic nitrogens is 2. The third-order valence-corrected chi connectivity index (χ3v) is 2.92. The van der Waals surface area contributed by atoms with Crippen LogP contribution in [0.2, 0.25) is 0 Å². The quantitative estimate of drug-likeness (QED) is 0.581. The highest BCUT2D eigenvalue weighted by atomic mass is 32.2. The standard InChI is InChI=1S/C7H4N2O2S2/c10-7(11)13-6-4-1-2-12-5(4)8-3-9-6/h1-3H,(H,10,11). The summed E-state index contributed by atoms with van der Waals surface area (Å²) in [6, 6.07) is 1.82. The second-order valence-corrected chi connectivity index (χ2v) is 4.02.